The van der Waals surface area contributed by atoms with Crippen LogP contribution in [0.1, 0.15) is 25.3 Å². The Morgan fingerprint density at radius 1 is 1.33 bits per heavy atom. The summed E-state index contributed by atoms with van der Waals surface area (Å²) in [6.45, 7) is 4.36. The van der Waals surface area contributed by atoms with E-state index in [-0.39, 0.29) is 0 Å². The second-order valence-corrected chi connectivity index (χ2v) is 3.96. The number of aromatic nitrogens is 2. The third-order valence-corrected chi connectivity index (χ3v) is 2.53. The molecule has 0 atom stereocenters. The van der Waals surface area contributed by atoms with Crippen LogP contribution >= 0.6 is 0 Å². The summed E-state index contributed by atoms with van der Waals surface area (Å²) in [6, 6.07) is 8.39. The molecule has 0 amide bonds. The molecule has 0 saturated heterocycles. The maximum Gasteiger partial charge on any atom is 0.153 e. The monoisotopic (exact) mass is 201 g/mol. The van der Waals surface area contributed by atoms with Gasteiger partial charge in [-0.2, -0.15) is 5.10 Å². The summed E-state index contributed by atoms with van der Waals surface area (Å²) in [5, 5.41) is 6.69. The normalized spacial score (nSPS) is 10.9. The van der Waals surface area contributed by atoms with Crippen molar-refractivity contribution in [2.45, 2.75) is 19.8 Å². The average Bonchev–Trinajstić information content (AvgIpc) is 2.64. The van der Waals surface area contributed by atoms with Crippen molar-refractivity contribution in [3.05, 3.63) is 36.0 Å². The van der Waals surface area contributed by atoms with Crippen molar-refractivity contribution in [2.24, 2.45) is 0 Å². The van der Waals surface area contributed by atoms with Gasteiger partial charge in [-0.3, -0.25) is 5.10 Å². The molecular weight excluding hydrogens is 186 g/mol. The highest BCUT2D eigenvalue weighted by atomic mass is 15.1. The zero-order valence-corrected chi connectivity index (χ0v) is 8.99. The molecule has 0 unspecified atom stereocenters. The molecule has 0 aliphatic carbocycles. The third-order valence-electron chi connectivity index (χ3n) is 2.53. The summed E-state index contributed by atoms with van der Waals surface area (Å²) in [6.07, 6.45) is 1.83. The molecule has 2 aromatic rings. The Labute approximate surface area is 89.3 Å². The third kappa shape index (κ3) is 1.86. The molecule has 0 spiro atoms. The largest absolute Gasteiger partial charge is 0.382 e. The standard InChI is InChI=1S/C12H15N3/c1-8(2)9-4-3-5-10(6-9)11-7-14-15-12(11)13/h3-8H,1-2H3,(H3,13,14,15). The molecule has 1 aromatic heterocycles. The molecule has 1 aromatic carbocycles. The van der Waals surface area contributed by atoms with E-state index in [1.54, 1.807) is 0 Å². The first kappa shape index (κ1) is 9.77. The van der Waals surface area contributed by atoms with Crippen molar-refractivity contribution in [1.29, 1.82) is 0 Å². The van der Waals surface area contributed by atoms with Gasteiger partial charge in [0.05, 0.1) is 0 Å². The molecule has 0 radical (unpaired) electrons. The van der Waals surface area contributed by atoms with Gasteiger partial charge in [-0.1, -0.05) is 38.1 Å². The van der Waals surface area contributed by atoms with Crippen LogP contribution in [-0.4, -0.2) is 10.2 Å². The first-order chi connectivity index (χ1) is 7.18. The Morgan fingerprint density at radius 2 is 2.13 bits per heavy atom. The van der Waals surface area contributed by atoms with Crippen molar-refractivity contribution in [2.75, 3.05) is 5.73 Å². The van der Waals surface area contributed by atoms with E-state index in [4.69, 9.17) is 5.73 Å². The minimum Gasteiger partial charge on any atom is -0.382 e. The van der Waals surface area contributed by atoms with Crippen LogP contribution in [0.25, 0.3) is 11.1 Å². The van der Waals surface area contributed by atoms with Gasteiger partial charge in [0, 0.05) is 11.8 Å². The Bertz CT molecular complexity index is 457. The highest BCUT2D eigenvalue weighted by Crippen LogP contribution is 2.26. The minimum atomic E-state index is 0.526. The van der Waals surface area contributed by atoms with Gasteiger partial charge in [-0.15, -0.1) is 0 Å². The summed E-state index contributed by atoms with van der Waals surface area (Å²) >= 11 is 0. The van der Waals surface area contributed by atoms with Crippen LogP contribution in [0, 0.1) is 0 Å². The number of hydrogen-bond acceptors (Lipinski definition) is 2. The molecular formula is C12H15N3. The van der Waals surface area contributed by atoms with E-state index in [1.165, 1.54) is 5.56 Å². The summed E-state index contributed by atoms with van der Waals surface area (Å²) in [5.41, 5.74) is 9.16. The van der Waals surface area contributed by atoms with Gasteiger partial charge in [0.25, 0.3) is 0 Å². The second-order valence-electron chi connectivity index (χ2n) is 3.96. The number of hydrogen-bond donors (Lipinski definition) is 2. The number of anilines is 1. The van der Waals surface area contributed by atoms with Gasteiger partial charge in [0.2, 0.25) is 0 Å². The van der Waals surface area contributed by atoms with Gasteiger partial charge in [-0.25, -0.2) is 0 Å². The Hall–Kier alpha value is -1.77. The fourth-order valence-corrected chi connectivity index (χ4v) is 1.60. The number of H-pyrrole nitrogens is 1. The highest BCUT2D eigenvalue weighted by molar-refractivity contribution is 5.73. The van der Waals surface area contributed by atoms with Crippen LogP contribution in [0.4, 0.5) is 5.82 Å². The van der Waals surface area contributed by atoms with Gasteiger partial charge in [0.15, 0.2) is 5.82 Å². The van der Waals surface area contributed by atoms with Crippen LogP contribution in [-0.2, 0) is 0 Å². The molecule has 0 fully saturated rings. The van der Waals surface area contributed by atoms with E-state index >= 15 is 0 Å². The molecule has 3 heteroatoms. The summed E-state index contributed by atoms with van der Waals surface area (Å²) in [4.78, 5) is 0. The number of rotatable bonds is 2. The molecule has 78 valence electrons. The lowest BCUT2D eigenvalue weighted by atomic mass is 9.98. The van der Waals surface area contributed by atoms with E-state index in [0.717, 1.165) is 11.1 Å². The molecule has 2 rings (SSSR count). The predicted octanol–water partition coefficient (Wildman–Crippen LogP) is 2.78. The fraction of sp³-hybridized carbons (Fsp3) is 0.250. The van der Waals surface area contributed by atoms with Crippen LogP contribution in [0.3, 0.4) is 0 Å². The molecule has 0 saturated carbocycles. The van der Waals surface area contributed by atoms with Crippen LogP contribution in [0.2, 0.25) is 0 Å². The van der Waals surface area contributed by atoms with Gasteiger partial charge < -0.3 is 5.73 Å². The minimum absolute atomic E-state index is 0.526. The van der Waals surface area contributed by atoms with E-state index in [0.29, 0.717) is 11.7 Å². The van der Waals surface area contributed by atoms with Crippen LogP contribution in [0.15, 0.2) is 30.5 Å². The van der Waals surface area contributed by atoms with E-state index in [1.807, 2.05) is 12.3 Å². The van der Waals surface area contributed by atoms with Crippen molar-refractivity contribution in [1.82, 2.24) is 10.2 Å². The Kier molecular flexibility index (Phi) is 2.46. The van der Waals surface area contributed by atoms with Gasteiger partial charge in [-0.05, 0) is 17.0 Å². The molecule has 3 N–H and O–H groups in total. The van der Waals surface area contributed by atoms with E-state index in [2.05, 4.69) is 42.2 Å². The van der Waals surface area contributed by atoms with Crippen LogP contribution < -0.4 is 5.73 Å². The summed E-state index contributed by atoms with van der Waals surface area (Å²) in [5.74, 6) is 1.08. The molecule has 0 aliphatic heterocycles. The fourth-order valence-electron chi connectivity index (χ4n) is 1.60. The first-order valence-corrected chi connectivity index (χ1v) is 5.08. The van der Waals surface area contributed by atoms with Crippen molar-refractivity contribution < 1.29 is 0 Å². The number of aromatic amines is 1. The zero-order valence-electron chi connectivity index (χ0n) is 8.99. The number of nitrogens with one attached hydrogen (secondary N) is 1. The smallest absolute Gasteiger partial charge is 0.153 e. The molecule has 15 heavy (non-hydrogen) atoms. The first-order valence-electron chi connectivity index (χ1n) is 5.08. The predicted molar refractivity (Wildman–Crippen MR) is 62.5 cm³/mol. The highest BCUT2D eigenvalue weighted by Gasteiger charge is 2.06. The summed E-state index contributed by atoms with van der Waals surface area (Å²) < 4.78 is 0. The lowest BCUT2D eigenvalue weighted by Gasteiger charge is -2.07. The number of nitrogen functional groups attached to an aromatic ring is 1. The second kappa shape index (κ2) is 3.77. The van der Waals surface area contributed by atoms with Gasteiger partial charge >= 0.3 is 0 Å². The average molecular weight is 201 g/mol. The number of benzene rings is 1. The molecule has 0 aliphatic rings. The number of nitrogens with two attached hydrogens (primary N) is 1. The maximum atomic E-state index is 5.76. The lowest BCUT2D eigenvalue weighted by Crippen LogP contribution is -1.90. The van der Waals surface area contributed by atoms with E-state index < -0.39 is 0 Å². The van der Waals surface area contributed by atoms with Gasteiger partial charge in [0.1, 0.15) is 0 Å². The van der Waals surface area contributed by atoms with Crippen LogP contribution in [0.5, 0.6) is 0 Å². The topological polar surface area (TPSA) is 54.7 Å². The van der Waals surface area contributed by atoms with E-state index in [9.17, 15) is 0 Å². The quantitative estimate of drug-likeness (QED) is 0.785. The molecule has 1 heterocycles. The van der Waals surface area contributed by atoms with Crippen molar-refractivity contribution >= 4 is 5.82 Å². The molecule has 3 nitrogen and oxygen atoms in total. The van der Waals surface area contributed by atoms with Crippen molar-refractivity contribution in [3.63, 3.8) is 0 Å². The Morgan fingerprint density at radius 3 is 2.73 bits per heavy atom. The van der Waals surface area contributed by atoms with Crippen molar-refractivity contribution in [3.8, 4) is 11.1 Å². The zero-order chi connectivity index (χ0) is 10.8. The molecule has 0 bridgehead atoms. The maximum absolute atomic E-state index is 5.76. The Balaban J connectivity index is 2.46. The lowest BCUT2D eigenvalue weighted by molar-refractivity contribution is 0.867. The summed E-state index contributed by atoms with van der Waals surface area (Å²) in [7, 11) is 0. The number of nitrogens with zero attached hydrogens (tertiary/aromatic N) is 1. The SMILES string of the molecule is CC(C)c1cccc(-c2c[nH]nc2N)c1.